The molecule has 1 aromatic carbocycles. The number of hydrogen-bond donors (Lipinski definition) is 5. The minimum absolute atomic E-state index is 0.0551. The van der Waals surface area contributed by atoms with Crippen molar-refractivity contribution in [2.75, 3.05) is 31.7 Å². The maximum atomic E-state index is 13.5. The van der Waals surface area contributed by atoms with Crippen molar-refractivity contribution in [1.29, 1.82) is 0 Å². The van der Waals surface area contributed by atoms with Gasteiger partial charge in [0.1, 0.15) is 6.61 Å². The number of imide groups is 1. The Balaban J connectivity index is 1.93. The number of amides is 7. The second-order valence-electron chi connectivity index (χ2n) is 11.7. The van der Waals surface area contributed by atoms with Gasteiger partial charge in [-0.1, -0.05) is 32.4 Å². The van der Waals surface area contributed by atoms with Gasteiger partial charge in [-0.25, -0.2) is 9.59 Å². The van der Waals surface area contributed by atoms with Crippen LogP contribution < -0.4 is 27.0 Å². The van der Waals surface area contributed by atoms with Gasteiger partial charge < -0.3 is 31.7 Å². The zero-order valence-electron chi connectivity index (χ0n) is 27.6. The number of thioether (sulfide) groups is 1. The smallest absolute Gasteiger partial charge is 0.407 e. The summed E-state index contributed by atoms with van der Waals surface area (Å²) in [6, 6.07) is 5.23. The summed E-state index contributed by atoms with van der Waals surface area (Å²) in [6.45, 7) is 4.25. The van der Waals surface area contributed by atoms with Crippen LogP contribution in [0.25, 0.3) is 0 Å². The number of nitrogens with zero attached hydrogens (tertiary/aromatic N) is 1. The standard InChI is InChI=1S/C32H48N6O8S/c1-20(2)28(37-26(40)10-6-5-7-16-38-27(41)18-25(47-4)30(38)43)24(39)17-22(9-8-15-35-31(33)44)29(42)36-23-13-11-21(12-14-23)19-46-32(45)34-3/h11-14,20,22,25,28H,5-10,15-19H2,1-4H3,(H,34,45)(H,36,42)(H,37,40)(H3,33,35,44). The third kappa shape index (κ3) is 13.6. The molecule has 3 unspecified atom stereocenters. The molecule has 1 heterocycles. The number of likely N-dealkylation sites (tertiary alicyclic amines) is 1. The highest BCUT2D eigenvalue weighted by Crippen LogP contribution is 2.24. The van der Waals surface area contributed by atoms with Gasteiger partial charge in [0.2, 0.25) is 23.6 Å². The second-order valence-corrected chi connectivity index (χ2v) is 12.8. The van der Waals surface area contributed by atoms with Crippen molar-refractivity contribution in [3.05, 3.63) is 29.8 Å². The first-order chi connectivity index (χ1) is 22.4. The van der Waals surface area contributed by atoms with Crippen LogP contribution in [0.4, 0.5) is 15.3 Å². The third-order valence-electron chi connectivity index (χ3n) is 7.75. The van der Waals surface area contributed by atoms with Crippen LogP contribution in [-0.4, -0.2) is 84.1 Å². The first-order valence-corrected chi connectivity index (χ1v) is 17.1. The van der Waals surface area contributed by atoms with E-state index in [0.717, 1.165) is 0 Å². The van der Waals surface area contributed by atoms with Crippen molar-refractivity contribution >= 4 is 59.0 Å². The number of carbonyl (C=O) groups is 7. The Morgan fingerprint density at radius 2 is 1.74 bits per heavy atom. The zero-order valence-corrected chi connectivity index (χ0v) is 28.4. The average Bonchev–Trinajstić information content (AvgIpc) is 3.31. The lowest BCUT2D eigenvalue weighted by Gasteiger charge is -2.24. The predicted octanol–water partition coefficient (Wildman–Crippen LogP) is 2.70. The van der Waals surface area contributed by atoms with E-state index >= 15 is 0 Å². The predicted molar refractivity (Wildman–Crippen MR) is 178 cm³/mol. The van der Waals surface area contributed by atoms with E-state index in [0.29, 0.717) is 43.5 Å². The highest BCUT2D eigenvalue weighted by Gasteiger charge is 2.37. The average molecular weight is 677 g/mol. The molecule has 2 rings (SSSR count). The lowest BCUT2D eigenvalue weighted by Crippen LogP contribution is -2.45. The molecule has 0 radical (unpaired) electrons. The van der Waals surface area contributed by atoms with Crippen LogP contribution in [-0.2, 0) is 35.3 Å². The van der Waals surface area contributed by atoms with Crippen molar-refractivity contribution in [3.63, 3.8) is 0 Å². The summed E-state index contributed by atoms with van der Waals surface area (Å²) in [5.74, 6) is -2.26. The van der Waals surface area contributed by atoms with Crippen molar-refractivity contribution < 1.29 is 38.3 Å². The molecule has 3 atom stereocenters. The highest BCUT2D eigenvalue weighted by molar-refractivity contribution is 8.00. The number of ether oxygens (including phenoxy) is 1. The SMILES string of the molecule is CNC(=O)OCc1ccc(NC(=O)C(CCCNC(N)=O)CC(=O)C(NC(=O)CCCCCN2C(=O)CC(SC)C2=O)C(C)C)cc1. The minimum atomic E-state index is -0.801. The molecule has 1 fully saturated rings. The Kier molecular flexibility index (Phi) is 16.8. The van der Waals surface area contributed by atoms with E-state index < -0.39 is 24.1 Å². The van der Waals surface area contributed by atoms with Crippen LogP contribution in [0.15, 0.2) is 24.3 Å². The Morgan fingerprint density at radius 3 is 2.34 bits per heavy atom. The van der Waals surface area contributed by atoms with Gasteiger partial charge in [0.15, 0.2) is 5.78 Å². The molecule has 1 aliphatic rings. The number of nitrogens with two attached hydrogens (primary N) is 1. The fraction of sp³-hybridized carbons (Fsp3) is 0.594. The Morgan fingerprint density at radius 1 is 1.04 bits per heavy atom. The molecule has 14 nitrogen and oxygen atoms in total. The Bertz CT molecular complexity index is 1260. The first-order valence-electron chi connectivity index (χ1n) is 15.8. The topological polar surface area (TPSA) is 206 Å². The molecule has 47 heavy (non-hydrogen) atoms. The number of benzene rings is 1. The number of alkyl carbamates (subject to hydrolysis) is 1. The van der Waals surface area contributed by atoms with Gasteiger partial charge in [-0.2, -0.15) is 11.8 Å². The largest absolute Gasteiger partial charge is 0.445 e. The van der Waals surface area contributed by atoms with Crippen LogP contribution in [0.3, 0.4) is 0 Å². The summed E-state index contributed by atoms with van der Waals surface area (Å²) in [7, 11) is 1.46. The van der Waals surface area contributed by atoms with Crippen LogP contribution in [0.5, 0.6) is 0 Å². The van der Waals surface area contributed by atoms with Crippen LogP contribution in [0.1, 0.15) is 70.8 Å². The van der Waals surface area contributed by atoms with Gasteiger partial charge in [0.25, 0.3) is 0 Å². The van der Waals surface area contributed by atoms with Crippen LogP contribution in [0.2, 0.25) is 0 Å². The minimum Gasteiger partial charge on any atom is -0.445 e. The van der Waals surface area contributed by atoms with Gasteiger partial charge in [-0.05, 0) is 55.6 Å². The van der Waals surface area contributed by atoms with Gasteiger partial charge in [0, 0.05) is 51.0 Å². The molecule has 0 saturated carbocycles. The molecule has 1 saturated heterocycles. The molecule has 1 aromatic rings. The summed E-state index contributed by atoms with van der Waals surface area (Å²) in [4.78, 5) is 87.6. The van der Waals surface area contributed by atoms with Gasteiger partial charge in [-0.3, -0.25) is 28.9 Å². The number of nitrogens with one attached hydrogen (secondary N) is 4. The summed E-state index contributed by atoms with van der Waals surface area (Å²) >= 11 is 1.37. The monoisotopic (exact) mass is 676 g/mol. The maximum Gasteiger partial charge on any atom is 0.407 e. The number of carbonyl (C=O) groups excluding carboxylic acids is 7. The van der Waals surface area contributed by atoms with E-state index in [1.165, 1.54) is 23.7 Å². The molecule has 0 spiro atoms. The molecule has 0 aliphatic carbocycles. The maximum absolute atomic E-state index is 13.5. The van der Waals surface area contributed by atoms with E-state index in [1.54, 1.807) is 24.3 Å². The number of hydrogen-bond acceptors (Lipinski definition) is 9. The Hall–Kier alpha value is -4.14. The fourth-order valence-corrected chi connectivity index (χ4v) is 5.71. The van der Waals surface area contributed by atoms with E-state index in [4.69, 9.17) is 10.5 Å². The molecular formula is C32H48N6O8S. The van der Waals surface area contributed by atoms with Crippen molar-refractivity contribution in [1.82, 2.24) is 20.9 Å². The summed E-state index contributed by atoms with van der Waals surface area (Å²) in [5, 5.41) is 10.2. The molecular weight excluding hydrogens is 628 g/mol. The van der Waals surface area contributed by atoms with Crippen molar-refractivity contribution in [3.8, 4) is 0 Å². The van der Waals surface area contributed by atoms with Gasteiger partial charge >= 0.3 is 12.1 Å². The number of urea groups is 1. The van der Waals surface area contributed by atoms with E-state index in [-0.39, 0.29) is 79.4 Å². The summed E-state index contributed by atoms with van der Waals surface area (Å²) < 4.78 is 5.02. The number of unbranched alkanes of at least 4 members (excludes halogenated alkanes) is 2. The fourth-order valence-electron chi connectivity index (χ4n) is 5.07. The number of ketones is 1. The highest BCUT2D eigenvalue weighted by atomic mass is 32.2. The normalized spacial score (nSPS) is 15.6. The lowest BCUT2D eigenvalue weighted by atomic mass is 9.89. The van der Waals surface area contributed by atoms with Gasteiger partial charge in [-0.15, -0.1) is 0 Å². The molecule has 7 amide bonds. The second kappa shape index (κ2) is 20.2. The van der Waals surface area contributed by atoms with Gasteiger partial charge in [0.05, 0.1) is 11.3 Å². The van der Waals surface area contributed by atoms with Crippen LogP contribution in [0, 0.1) is 11.8 Å². The first kappa shape index (κ1) is 39.0. The molecule has 1 aliphatic heterocycles. The molecule has 260 valence electrons. The van der Waals surface area contributed by atoms with E-state index in [2.05, 4.69) is 21.3 Å². The molecule has 0 bridgehead atoms. The summed E-state index contributed by atoms with van der Waals surface area (Å²) in [5.41, 5.74) is 6.35. The zero-order chi connectivity index (χ0) is 34.9. The number of anilines is 1. The quantitative estimate of drug-likeness (QED) is 0.102. The summed E-state index contributed by atoms with van der Waals surface area (Å²) in [6.07, 6.45) is 3.96. The number of primary amides is 1. The number of rotatable bonds is 20. The third-order valence-corrected chi connectivity index (χ3v) is 8.68. The van der Waals surface area contributed by atoms with E-state index in [1.807, 2.05) is 20.1 Å². The van der Waals surface area contributed by atoms with Crippen molar-refractivity contribution in [2.24, 2.45) is 17.6 Å². The van der Waals surface area contributed by atoms with Crippen LogP contribution >= 0.6 is 11.8 Å². The number of Topliss-reactive ketones (excluding diaryl/α,β-unsaturated/α-hetero) is 1. The lowest BCUT2D eigenvalue weighted by molar-refractivity contribution is -0.138. The van der Waals surface area contributed by atoms with Crippen molar-refractivity contribution in [2.45, 2.75) is 83.1 Å². The molecule has 6 N–H and O–H groups in total. The Labute approximate surface area is 280 Å². The molecule has 15 heteroatoms. The molecule has 0 aromatic heterocycles. The van der Waals surface area contributed by atoms with E-state index in [9.17, 15) is 33.6 Å².